The Morgan fingerprint density at radius 2 is 1.80 bits per heavy atom. The molecule has 0 amide bonds. The second-order valence-corrected chi connectivity index (χ2v) is 5.96. The van der Waals surface area contributed by atoms with E-state index in [1.165, 1.54) is 0 Å². The lowest BCUT2D eigenvalue weighted by Crippen LogP contribution is -2.39. The van der Waals surface area contributed by atoms with Gasteiger partial charge < -0.3 is 25.4 Å². The van der Waals surface area contributed by atoms with E-state index in [4.69, 9.17) is 9.47 Å². The highest BCUT2D eigenvalue weighted by molar-refractivity contribution is 14.0. The SMILES string of the molecule is CCCCOCCOCCN=C(NCC)NCCNc1nccc(C(F)(F)F)n1.I. The molecular formula is C18H32F3IN6O2. The van der Waals surface area contributed by atoms with Crippen LogP contribution in [-0.4, -0.2) is 68.5 Å². The summed E-state index contributed by atoms with van der Waals surface area (Å²) in [6.45, 7) is 8.32. The molecule has 0 spiro atoms. The summed E-state index contributed by atoms with van der Waals surface area (Å²) in [5.41, 5.74) is -0.978. The Hall–Kier alpha value is -1.41. The van der Waals surface area contributed by atoms with E-state index >= 15 is 0 Å². The van der Waals surface area contributed by atoms with Gasteiger partial charge in [0.05, 0.1) is 26.4 Å². The van der Waals surface area contributed by atoms with Crippen LogP contribution in [0.5, 0.6) is 0 Å². The fraction of sp³-hybridized carbons (Fsp3) is 0.722. The third-order valence-corrected chi connectivity index (χ3v) is 3.51. The maximum atomic E-state index is 12.6. The zero-order valence-electron chi connectivity index (χ0n) is 17.4. The molecule has 12 heteroatoms. The van der Waals surface area contributed by atoms with Crippen LogP contribution in [0.3, 0.4) is 0 Å². The van der Waals surface area contributed by atoms with Crippen molar-refractivity contribution in [3.05, 3.63) is 18.0 Å². The van der Waals surface area contributed by atoms with E-state index in [2.05, 4.69) is 37.8 Å². The first-order valence-electron chi connectivity index (χ1n) is 9.79. The summed E-state index contributed by atoms with van der Waals surface area (Å²) in [6, 6.07) is 0.832. The predicted octanol–water partition coefficient (Wildman–Crippen LogP) is 2.91. The number of unbranched alkanes of at least 4 members (excludes halogenated alkanes) is 1. The molecule has 0 aliphatic rings. The minimum Gasteiger partial charge on any atom is -0.379 e. The lowest BCUT2D eigenvalue weighted by atomic mass is 10.4. The number of ether oxygens (including phenoxy) is 2. The molecular weight excluding hydrogens is 516 g/mol. The minimum atomic E-state index is -4.49. The molecule has 0 aliphatic heterocycles. The second kappa shape index (κ2) is 17.3. The lowest BCUT2D eigenvalue weighted by Gasteiger charge is -2.12. The Kier molecular flexibility index (Phi) is 16.5. The van der Waals surface area contributed by atoms with Crippen molar-refractivity contribution in [2.45, 2.75) is 32.9 Å². The Morgan fingerprint density at radius 3 is 2.47 bits per heavy atom. The van der Waals surface area contributed by atoms with Crippen molar-refractivity contribution < 1.29 is 22.6 Å². The molecule has 0 bridgehead atoms. The number of hydrogen-bond acceptors (Lipinski definition) is 6. The molecule has 1 aromatic heterocycles. The van der Waals surface area contributed by atoms with E-state index in [0.717, 1.165) is 31.7 Å². The van der Waals surface area contributed by atoms with Gasteiger partial charge in [-0.2, -0.15) is 13.2 Å². The van der Waals surface area contributed by atoms with Crippen LogP contribution in [0.2, 0.25) is 0 Å². The number of aliphatic imine (C=N–C) groups is 1. The molecule has 30 heavy (non-hydrogen) atoms. The van der Waals surface area contributed by atoms with Gasteiger partial charge in [-0.15, -0.1) is 24.0 Å². The smallest absolute Gasteiger partial charge is 0.379 e. The number of nitrogens with one attached hydrogen (secondary N) is 3. The third-order valence-electron chi connectivity index (χ3n) is 3.51. The molecule has 1 rings (SSSR count). The Balaban J connectivity index is 0.00000841. The van der Waals surface area contributed by atoms with Gasteiger partial charge in [0.25, 0.3) is 0 Å². The maximum absolute atomic E-state index is 12.6. The van der Waals surface area contributed by atoms with Crippen LogP contribution in [0.4, 0.5) is 19.1 Å². The zero-order chi connectivity index (χ0) is 21.4. The van der Waals surface area contributed by atoms with Gasteiger partial charge in [-0.1, -0.05) is 13.3 Å². The summed E-state index contributed by atoms with van der Waals surface area (Å²) < 4.78 is 48.8. The fourth-order valence-corrected chi connectivity index (χ4v) is 2.09. The highest BCUT2D eigenvalue weighted by Crippen LogP contribution is 2.27. The van der Waals surface area contributed by atoms with E-state index in [1.54, 1.807) is 0 Å². The molecule has 3 N–H and O–H groups in total. The average Bonchev–Trinajstić information content (AvgIpc) is 2.69. The van der Waals surface area contributed by atoms with Gasteiger partial charge in [-0.05, 0) is 19.4 Å². The highest BCUT2D eigenvalue weighted by Gasteiger charge is 2.32. The van der Waals surface area contributed by atoms with Crippen LogP contribution in [0.25, 0.3) is 0 Å². The van der Waals surface area contributed by atoms with Crippen molar-refractivity contribution in [2.24, 2.45) is 4.99 Å². The second-order valence-electron chi connectivity index (χ2n) is 5.96. The van der Waals surface area contributed by atoms with Gasteiger partial charge in [-0.3, -0.25) is 4.99 Å². The molecule has 0 unspecified atom stereocenters. The van der Waals surface area contributed by atoms with E-state index in [9.17, 15) is 13.2 Å². The summed E-state index contributed by atoms with van der Waals surface area (Å²) >= 11 is 0. The number of halogens is 4. The molecule has 0 aliphatic carbocycles. The van der Waals surface area contributed by atoms with Crippen molar-refractivity contribution in [3.8, 4) is 0 Å². The quantitative estimate of drug-likeness (QED) is 0.143. The highest BCUT2D eigenvalue weighted by atomic mass is 127. The van der Waals surface area contributed by atoms with Crippen molar-refractivity contribution in [1.29, 1.82) is 0 Å². The first-order chi connectivity index (χ1) is 14.0. The van der Waals surface area contributed by atoms with E-state index in [1.807, 2.05) is 6.92 Å². The molecule has 0 saturated carbocycles. The normalized spacial score (nSPS) is 11.7. The van der Waals surface area contributed by atoms with Gasteiger partial charge in [0.2, 0.25) is 5.95 Å². The topological polar surface area (TPSA) is 92.7 Å². The third kappa shape index (κ3) is 13.7. The summed E-state index contributed by atoms with van der Waals surface area (Å²) in [5, 5.41) is 8.92. The first kappa shape index (κ1) is 28.6. The molecule has 1 aromatic rings. The largest absolute Gasteiger partial charge is 0.433 e. The number of nitrogens with zero attached hydrogens (tertiary/aromatic N) is 3. The summed E-state index contributed by atoms with van der Waals surface area (Å²) in [5.74, 6) is 0.528. The van der Waals surface area contributed by atoms with Crippen LogP contribution in [0, 0.1) is 0 Å². The number of aromatic nitrogens is 2. The molecule has 0 radical (unpaired) electrons. The van der Waals surface area contributed by atoms with Crippen LogP contribution >= 0.6 is 24.0 Å². The Labute approximate surface area is 192 Å². The lowest BCUT2D eigenvalue weighted by molar-refractivity contribution is -0.141. The van der Waals surface area contributed by atoms with Crippen LogP contribution in [-0.2, 0) is 15.7 Å². The van der Waals surface area contributed by atoms with Crippen molar-refractivity contribution >= 4 is 35.9 Å². The summed E-state index contributed by atoms with van der Waals surface area (Å²) in [7, 11) is 0. The maximum Gasteiger partial charge on any atom is 0.433 e. The van der Waals surface area contributed by atoms with Crippen molar-refractivity contribution in [3.63, 3.8) is 0 Å². The van der Waals surface area contributed by atoms with Crippen molar-refractivity contribution in [1.82, 2.24) is 20.6 Å². The van der Waals surface area contributed by atoms with Crippen molar-refractivity contribution in [2.75, 3.05) is 57.9 Å². The molecule has 0 saturated heterocycles. The average molecular weight is 548 g/mol. The van der Waals surface area contributed by atoms with Gasteiger partial charge in [-0.25, -0.2) is 9.97 Å². The van der Waals surface area contributed by atoms with E-state index < -0.39 is 11.9 Å². The summed E-state index contributed by atoms with van der Waals surface area (Å²) in [4.78, 5) is 11.6. The molecule has 174 valence electrons. The predicted molar refractivity (Wildman–Crippen MR) is 121 cm³/mol. The van der Waals surface area contributed by atoms with Crippen LogP contribution in [0.15, 0.2) is 17.3 Å². The van der Waals surface area contributed by atoms with E-state index in [0.29, 0.717) is 52.0 Å². The molecule has 8 nitrogen and oxygen atoms in total. The molecule has 0 aromatic carbocycles. The Morgan fingerprint density at radius 1 is 1.07 bits per heavy atom. The van der Waals surface area contributed by atoms with E-state index in [-0.39, 0.29) is 29.9 Å². The molecule has 1 heterocycles. The van der Waals surface area contributed by atoms with Crippen LogP contribution < -0.4 is 16.0 Å². The van der Waals surface area contributed by atoms with Gasteiger partial charge in [0, 0.05) is 32.4 Å². The number of alkyl halides is 3. The Bertz CT molecular complexity index is 593. The minimum absolute atomic E-state index is 0. The fourth-order valence-electron chi connectivity index (χ4n) is 2.09. The van der Waals surface area contributed by atoms with Gasteiger partial charge in [0.15, 0.2) is 5.96 Å². The number of rotatable bonds is 14. The van der Waals surface area contributed by atoms with Gasteiger partial charge >= 0.3 is 6.18 Å². The molecule has 0 fully saturated rings. The zero-order valence-corrected chi connectivity index (χ0v) is 19.8. The summed E-state index contributed by atoms with van der Waals surface area (Å²) in [6.07, 6.45) is -1.26. The standard InChI is InChI=1S/C18H31F3N6O2.HI/c1-3-5-11-28-13-14-29-12-10-26-16(22-4-2)24-8-9-25-17-23-7-6-15(27-17)18(19,20)21;/h6-7H,3-5,8-14H2,1-2H3,(H2,22,24,26)(H,23,25,27);1H. The molecule has 0 atom stereocenters. The number of guanidine groups is 1. The number of hydrogen-bond donors (Lipinski definition) is 3. The number of anilines is 1. The monoisotopic (exact) mass is 548 g/mol. The van der Waals surface area contributed by atoms with Crippen LogP contribution in [0.1, 0.15) is 32.4 Å². The van der Waals surface area contributed by atoms with Gasteiger partial charge in [0.1, 0.15) is 5.69 Å². The first-order valence-corrected chi connectivity index (χ1v) is 9.79.